The molecule has 1 aliphatic heterocycles. The molecule has 1 heterocycles. The van der Waals surface area contributed by atoms with Crippen molar-refractivity contribution in [1.29, 1.82) is 0 Å². The van der Waals surface area contributed by atoms with Crippen LogP contribution in [0.4, 0.5) is 11.4 Å². The lowest BCUT2D eigenvalue weighted by molar-refractivity contribution is -0.384. The van der Waals surface area contributed by atoms with E-state index < -0.39 is 14.9 Å². The van der Waals surface area contributed by atoms with Gasteiger partial charge in [-0.05, 0) is 18.2 Å². The fourth-order valence-corrected chi connectivity index (χ4v) is 4.50. The first kappa shape index (κ1) is 19.8. The summed E-state index contributed by atoms with van der Waals surface area (Å²) in [5.74, 6) is 0. The minimum Gasteiger partial charge on any atom is -0.399 e. The zero-order valence-electron chi connectivity index (χ0n) is 15.3. The van der Waals surface area contributed by atoms with E-state index in [-0.39, 0.29) is 23.7 Å². The quantitative estimate of drug-likeness (QED) is 0.415. The van der Waals surface area contributed by atoms with Crippen LogP contribution in [0.2, 0.25) is 0 Å². The van der Waals surface area contributed by atoms with E-state index in [0.29, 0.717) is 24.3 Å². The number of nitro groups is 1. The van der Waals surface area contributed by atoms with Crippen LogP contribution >= 0.6 is 0 Å². The summed E-state index contributed by atoms with van der Waals surface area (Å²) in [6.45, 7) is 1.22. The molecule has 0 bridgehead atoms. The zero-order valence-corrected chi connectivity index (χ0v) is 16.1. The van der Waals surface area contributed by atoms with Gasteiger partial charge in [-0.1, -0.05) is 29.4 Å². The van der Waals surface area contributed by atoms with Crippen LogP contribution in [0.5, 0.6) is 0 Å². The third-order valence-corrected chi connectivity index (χ3v) is 6.38. The number of hydrogen-bond donors (Lipinski definition) is 0. The number of piperazine rings is 1. The summed E-state index contributed by atoms with van der Waals surface area (Å²) >= 11 is 0. The molecule has 2 aromatic rings. The Morgan fingerprint density at radius 3 is 2.39 bits per heavy atom. The molecule has 148 valence electrons. The summed E-state index contributed by atoms with van der Waals surface area (Å²) in [6.07, 6.45) is 1.39. The van der Waals surface area contributed by atoms with Gasteiger partial charge in [0.15, 0.2) is 0 Å². The number of rotatable bonds is 6. The van der Waals surface area contributed by atoms with Crippen LogP contribution in [-0.2, 0) is 14.9 Å². The SMILES string of the molecule is CON=Cc1ccc(N2CCN(S(=O)(=O)c3ccccc3)CC2)c([N+](=O)[O-])c1. The highest BCUT2D eigenvalue weighted by Gasteiger charge is 2.30. The maximum absolute atomic E-state index is 12.7. The summed E-state index contributed by atoms with van der Waals surface area (Å²) in [5.41, 5.74) is 0.943. The van der Waals surface area contributed by atoms with Crippen molar-refractivity contribution >= 4 is 27.6 Å². The van der Waals surface area contributed by atoms with Crippen LogP contribution in [0.3, 0.4) is 0 Å². The van der Waals surface area contributed by atoms with E-state index in [2.05, 4.69) is 9.99 Å². The lowest BCUT2D eigenvalue weighted by Crippen LogP contribution is -2.48. The summed E-state index contributed by atoms with van der Waals surface area (Å²) in [6, 6.07) is 13.0. The Morgan fingerprint density at radius 2 is 1.79 bits per heavy atom. The molecule has 0 atom stereocenters. The van der Waals surface area contributed by atoms with Crippen molar-refractivity contribution in [2.45, 2.75) is 4.90 Å². The van der Waals surface area contributed by atoms with Gasteiger partial charge in [-0.3, -0.25) is 10.1 Å². The Balaban J connectivity index is 1.78. The van der Waals surface area contributed by atoms with Gasteiger partial charge in [-0.15, -0.1) is 0 Å². The predicted molar refractivity (Wildman–Crippen MR) is 105 cm³/mol. The normalized spacial score (nSPS) is 15.7. The summed E-state index contributed by atoms with van der Waals surface area (Å²) < 4.78 is 26.9. The van der Waals surface area contributed by atoms with Crippen molar-refractivity contribution in [3.8, 4) is 0 Å². The average Bonchev–Trinajstić information content (AvgIpc) is 2.72. The monoisotopic (exact) mass is 404 g/mol. The molecule has 1 saturated heterocycles. The minimum atomic E-state index is -3.57. The lowest BCUT2D eigenvalue weighted by Gasteiger charge is -2.35. The minimum absolute atomic E-state index is 0.0561. The molecule has 1 fully saturated rings. The smallest absolute Gasteiger partial charge is 0.293 e. The van der Waals surface area contributed by atoms with Gasteiger partial charge < -0.3 is 9.74 Å². The molecule has 28 heavy (non-hydrogen) atoms. The number of nitro benzene ring substituents is 1. The van der Waals surface area contributed by atoms with Gasteiger partial charge in [0, 0.05) is 37.8 Å². The van der Waals surface area contributed by atoms with E-state index in [0.717, 1.165) is 0 Å². The van der Waals surface area contributed by atoms with Crippen molar-refractivity contribution in [2.75, 3.05) is 38.2 Å². The number of sulfonamides is 1. The number of oxime groups is 1. The van der Waals surface area contributed by atoms with Crippen LogP contribution in [0.1, 0.15) is 5.56 Å². The van der Waals surface area contributed by atoms with Crippen LogP contribution in [0, 0.1) is 10.1 Å². The number of hydrogen-bond acceptors (Lipinski definition) is 7. The first-order valence-corrected chi connectivity index (χ1v) is 10.0. The van der Waals surface area contributed by atoms with Crippen molar-refractivity contribution in [3.05, 3.63) is 64.2 Å². The molecule has 0 saturated carbocycles. The molecule has 2 aromatic carbocycles. The first-order valence-electron chi connectivity index (χ1n) is 8.58. The highest BCUT2D eigenvalue weighted by atomic mass is 32.2. The zero-order chi connectivity index (χ0) is 20.1. The van der Waals surface area contributed by atoms with Gasteiger partial charge in [0.05, 0.1) is 16.0 Å². The predicted octanol–water partition coefficient (Wildman–Crippen LogP) is 2.09. The van der Waals surface area contributed by atoms with E-state index in [1.54, 1.807) is 42.5 Å². The Labute approximate surface area is 163 Å². The van der Waals surface area contributed by atoms with Gasteiger partial charge in [-0.2, -0.15) is 4.31 Å². The third kappa shape index (κ3) is 4.12. The number of nitrogens with zero attached hydrogens (tertiary/aromatic N) is 4. The fraction of sp³-hybridized carbons (Fsp3) is 0.278. The molecule has 1 aliphatic rings. The fourth-order valence-electron chi connectivity index (χ4n) is 3.06. The van der Waals surface area contributed by atoms with E-state index in [9.17, 15) is 18.5 Å². The molecule has 0 amide bonds. The molecular formula is C18H20N4O5S. The third-order valence-electron chi connectivity index (χ3n) is 4.46. The van der Waals surface area contributed by atoms with Crippen molar-refractivity contribution in [2.24, 2.45) is 5.16 Å². The summed E-state index contributed by atoms with van der Waals surface area (Å²) in [4.78, 5) is 17.7. The van der Waals surface area contributed by atoms with E-state index in [1.165, 1.54) is 23.7 Å². The van der Waals surface area contributed by atoms with Gasteiger partial charge in [0.1, 0.15) is 12.8 Å². The first-order chi connectivity index (χ1) is 13.4. The van der Waals surface area contributed by atoms with Crippen LogP contribution < -0.4 is 4.90 Å². The maximum Gasteiger partial charge on any atom is 0.293 e. The van der Waals surface area contributed by atoms with Gasteiger partial charge in [0.25, 0.3) is 5.69 Å². The van der Waals surface area contributed by atoms with Gasteiger partial charge >= 0.3 is 0 Å². The molecule has 0 aliphatic carbocycles. The Morgan fingerprint density at radius 1 is 1.11 bits per heavy atom. The topological polar surface area (TPSA) is 105 Å². The molecular weight excluding hydrogens is 384 g/mol. The van der Waals surface area contributed by atoms with Crippen LogP contribution in [0.25, 0.3) is 0 Å². The number of benzene rings is 2. The highest BCUT2D eigenvalue weighted by molar-refractivity contribution is 7.89. The maximum atomic E-state index is 12.7. The molecule has 9 nitrogen and oxygen atoms in total. The second-order valence-electron chi connectivity index (χ2n) is 6.13. The largest absolute Gasteiger partial charge is 0.399 e. The van der Waals surface area contributed by atoms with E-state index in [1.807, 2.05) is 4.90 Å². The lowest BCUT2D eigenvalue weighted by atomic mass is 10.1. The second-order valence-corrected chi connectivity index (χ2v) is 8.06. The van der Waals surface area contributed by atoms with Crippen molar-refractivity contribution in [1.82, 2.24) is 4.31 Å². The standard InChI is InChI=1S/C18H20N4O5S/c1-27-19-14-15-7-8-17(18(13-15)22(23)24)20-9-11-21(12-10-20)28(25,26)16-5-3-2-4-6-16/h2-8,13-14H,9-12H2,1H3. The molecule has 0 spiro atoms. The van der Waals surface area contributed by atoms with E-state index >= 15 is 0 Å². The van der Waals surface area contributed by atoms with Crippen molar-refractivity contribution < 1.29 is 18.2 Å². The highest BCUT2D eigenvalue weighted by Crippen LogP contribution is 2.30. The molecule has 0 radical (unpaired) electrons. The molecule has 0 N–H and O–H groups in total. The molecule has 3 rings (SSSR count). The van der Waals surface area contributed by atoms with E-state index in [4.69, 9.17) is 0 Å². The average molecular weight is 404 g/mol. The van der Waals surface area contributed by atoms with Gasteiger partial charge in [0.2, 0.25) is 10.0 Å². The summed E-state index contributed by atoms with van der Waals surface area (Å²) in [7, 11) is -2.18. The summed E-state index contributed by atoms with van der Waals surface area (Å²) in [5, 5.41) is 15.1. The van der Waals surface area contributed by atoms with Crippen LogP contribution in [-0.4, -0.2) is 57.1 Å². The second kappa shape index (κ2) is 8.36. The van der Waals surface area contributed by atoms with Gasteiger partial charge in [-0.25, -0.2) is 8.42 Å². The van der Waals surface area contributed by atoms with Crippen molar-refractivity contribution in [3.63, 3.8) is 0 Å². The Kier molecular flexibility index (Phi) is 5.90. The molecule has 0 aromatic heterocycles. The molecule has 0 unspecified atom stereocenters. The molecule has 10 heteroatoms. The Bertz CT molecular complexity index is 971. The van der Waals surface area contributed by atoms with Crippen LogP contribution in [0.15, 0.2) is 58.6 Å². The Hall–Kier alpha value is -2.98. The number of anilines is 1.